The van der Waals surface area contributed by atoms with Gasteiger partial charge in [-0.15, -0.1) is 0 Å². The Bertz CT molecular complexity index is 434. The van der Waals surface area contributed by atoms with Crippen LogP contribution in [0.2, 0.25) is 0 Å². The van der Waals surface area contributed by atoms with Crippen molar-refractivity contribution in [1.29, 1.82) is 0 Å². The predicted molar refractivity (Wildman–Crippen MR) is 75.4 cm³/mol. The summed E-state index contributed by atoms with van der Waals surface area (Å²) in [4.78, 5) is 1.84. The van der Waals surface area contributed by atoms with Gasteiger partial charge >= 0.3 is 0 Å². The Balaban J connectivity index is 3.21. The van der Waals surface area contributed by atoms with Crippen molar-refractivity contribution in [2.75, 3.05) is 39.3 Å². The molecule has 0 aliphatic rings. The van der Waals surface area contributed by atoms with Gasteiger partial charge in [0.15, 0.2) is 0 Å². The van der Waals surface area contributed by atoms with E-state index in [2.05, 4.69) is 0 Å². The Kier molecular flexibility index (Phi) is 5.44. The van der Waals surface area contributed by atoms with Gasteiger partial charge in [-0.05, 0) is 25.0 Å². The third kappa shape index (κ3) is 3.30. The Morgan fingerprint density at radius 2 is 1.84 bits per heavy atom. The van der Waals surface area contributed by atoms with Crippen molar-refractivity contribution in [3.8, 4) is 11.5 Å². The average Bonchev–Trinajstić information content (AvgIpc) is 2.41. The largest absolute Gasteiger partial charge is 0.496 e. The molecule has 1 atom stereocenters. The monoisotopic (exact) mass is 269 g/mol. The summed E-state index contributed by atoms with van der Waals surface area (Å²) in [6, 6.07) is 1.88. The summed E-state index contributed by atoms with van der Waals surface area (Å²) in [6.45, 7) is 3.99. The highest BCUT2D eigenvalue weighted by molar-refractivity contribution is 5.67. The van der Waals surface area contributed by atoms with Gasteiger partial charge in [-0.2, -0.15) is 0 Å². The molecule has 1 aromatic carbocycles. The maximum absolute atomic E-state index is 9.54. The number of likely N-dealkylation sites (N-methyl/N-ethyl adjacent to an activating group) is 1. The van der Waals surface area contributed by atoms with Crippen molar-refractivity contribution >= 4 is 5.69 Å². The summed E-state index contributed by atoms with van der Waals surface area (Å²) in [6.07, 6.45) is -0.790. The van der Waals surface area contributed by atoms with Crippen LogP contribution in [0, 0.1) is 13.8 Å². The smallest absolute Gasteiger partial charge is 0.145 e. The first-order valence-corrected chi connectivity index (χ1v) is 6.18. The van der Waals surface area contributed by atoms with Crippen molar-refractivity contribution in [1.82, 2.24) is 0 Å². The summed E-state index contributed by atoms with van der Waals surface area (Å²) < 4.78 is 10.8. The average molecular weight is 269 g/mol. The van der Waals surface area contributed by atoms with E-state index in [1.165, 1.54) is 0 Å². The first kappa shape index (κ1) is 15.6. The third-order valence-electron chi connectivity index (χ3n) is 3.30. The number of hydrogen-bond acceptors (Lipinski definition) is 5. The van der Waals surface area contributed by atoms with E-state index in [4.69, 9.17) is 14.6 Å². The minimum absolute atomic E-state index is 0.269. The molecule has 0 spiro atoms. The molecule has 19 heavy (non-hydrogen) atoms. The first-order valence-electron chi connectivity index (χ1n) is 6.18. The molecule has 0 saturated heterocycles. The standard InChI is InChI=1S/C14H23NO4/c1-9-10(2)14(19-5)12(6-13(9)18-4)15(3)7-11(17)8-16/h6,11,16-17H,7-8H2,1-5H3. The quantitative estimate of drug-likeness (QED) is 0.810. The van der Waals surface area contributed by atoms with Gasteiger partial charge in [0, 0.05) is 19.7 Å². The number of aliphatic hydroxyl groups excluding tert-OH is 2. The highest BCUT2D eigenvalue weighted by atomic mass is 16.5. The molecule has 0 heterocycles. The molecule has 0 aromatic heterocycles. The molecule has 108 valence electrons. The van der Waals surface area contributed by atoms with Gasteiger partial charge in [0.2, 0.25) is 0 Å². The van der Waals surface area contributed by atoms with Crippen LogP contribution in [0.1, 0.15) is 11.1 Å². The summed E-state index contributed by atoms with van der Waals surface area (Å²) in [5.74, 6) is 1.53. The summed E-state index contributed by atoms with van der Waals surface area (Å²) in [5.41, 5.74) is 2.86. The summed E-state index contributed by atoms with van der Waals surface area (Å²) >= 11 is 0. The number of ether oxygens (including phenoxy) is 2. The van der Waals surface area contributed by atoms with E-state index in [1.54, 1.807) is 14.2 Å². The van der Waals surface area contributed by atoms with Gasteiger partial charge in [-0.1, -0.05) is 0 Å². The molecule has 0 amide bonds. The minimum atomic E-state index is -0.790. The molecule has 0 fully saturated rings. The SMILES string of the molecule is COc1cc(N(C)CC(O)CO)c(OC)c(C)c1C. The van der Waals surface area contributed by atoms with Crippen LogP contribution in [0.4, 0.5) is 5.69 Å². The van der Waals surface area contributed by atoms with Crippen molar-refractivity contribution in [2.45, 2.75) is 20.0 Å². The number of rotatable bonds is 6. The zero-order valence-electron chi connectivity index (χ0n) is 12.2. The van der Waals surface area contributed by atoms with Crippen LogP contribution in [0.5, 0.6) is 11.5 Å². The van der Waals surface area contributed by atoms with Crippen LogP contribution in [-0.2, 0) is 0 Å². The molecular formula is C14H23NO4. The Morgan fingerprint density at radius 1 is 1.21 bits per heavy atom. The molecule has 0 aliphatic carbocycles. The fourth-order valence-corrected chi connectivity index (χ4v) is 2.07. The molecule has 0 radical (unpaired) electrons. The first-order chi connectivity index (χ1) is 8.96. The van der Waals surface area contributed by atoms with Crippen LogP contribution in [-0.4, -0.2) is 50.7 Å². The van der Waals surface area contributed by atoms with E-state index >= 15 is 0 Å². The van der Waals surface area contributed by atoms with Gasteiger partial charge in [0.1, 0.15) is 11.5 Å². The molecule has 0 bridgehead atoms. The zero-order valence-corrected chi connectivity index (χ0v) is 12.2. The second-order valence-corrected chi connectivity index (χ2v) is 4.60. The second kappa shape index (κ2) is 6.63. The molecule has 0 aliphatic heterocycles. The van der Waals surface area contributed by atoms with Crippen LogP contribution in [0.3, 0.4) is 0 Å². The van der Waals surface area contributed by atoms with Crippen molar-refractivity contribution in [3.63, 3.8) is 0 Å². The third-order valence-corrected chi connectivity index (χ3v) is 3.30. The van der Waals surface area contributed by atoms with Crippen molar-refractivity contribution < 1.29 is 19.7 Å². The lowest BCUT2D eigenvalue weighted by Gasteiger charge is -2.26. The highest BCUT2D eigenvalue weighted by Crippen LogP contribution is 2.38. The van der Waals surface area contributed by atoms with Crippen molar-refractivity contribution in [2.24, 2.45) is 0 Å². The number of methoxy groups -OCH3 is 2. The molecule has 1 unspecified atom stereocenters. The Labute approximate surface area is 114 Å². The number of nitrogens with zero attached hydrogens (tertiary/aromatic N) is 1. The van der Waals surface area contributed by atoms with Crippen molar-refractivity contribution in [3.05, 3.63) is 17.2 Å². The van der Waals surface area contributed by atoms with E-state index in [1.807, 2.05) is 31.9 Å². The van der Waals surface area contributed by atoms with Gasteiger partial charge in [0.25, 0.3) is 0 Å². The van der Waals surface area contributed by atoms with Crippen LogP contribution in [0.25, 0.3) is 0 Å². The maximum atomic E-state index is 9.54. The summed E-state index contributed by atoms with van der Waals surface area (Å²) in [7, 11) is 5.08. The van der Waals surface area contributed by atoms with Crippen LogP contribution in [0.15, 0.2) is 6.07 Å². The molecular weight excluding hydrogens is 246 g/mol. The predicted octanol–water partition coefficient (Wildman–Crippen LogP) is 1.11. The number of hydrogen-bond donors (Lipinski definition) is 2. The van der Waals surface area contributed by atoms with Gasteiger partial charge in [-0.3, -0.25) is 0 Å². The Morgan fingerprint density at radius 3 is 2.32 bits per heavy atom. The van der Waals surface area contributed by atoms with Gasteiger partial charge in [0.05, 0.1) is 32.6 Å². The fourth-order valence-electron chi connectivity index (χ4n) is 2.07. The van der Waals surface area contributed by atoms with Crippen LogP contribution < -0.4 is 14.4 Å². The summed E-state index contributed by atoms with van der Waals surface area (Å²) in [5, 5.41) is 18.5. The number of anilines is 1. The zero-order chi connectivity index (χ0) is 14.6. The van der Waals surface area contributed by atoms with E-state index in [-0.39, 0.29) is 6.61 Å². The highest BCUT2D eigenvalue weighted by Gasteiger charge is 2.18. The van der Waals surface area contributed by atoms with Gasteiger partial charge in [-0.25, -0.2) is 0 Å². The lowest BCUT2D eigenvalue weighted by Crippen LogP contribution is -2.31. The number of benzene rings is 1. The Hall–Kier alpha value is -1.46. The molecule has 1 aromatic rings. The van der Waals surface area contributed by atoms with E-state index in [9.17, 15) is 5.11 Å². The fraction of sp³-hybridized carbons (Fsp3) is 0.571. The lowest BCUT2D eigenvalue weighted by atomic mass is 10.1. The molecule has 0 saturated carbocycles. The van der Waals surface area contributed by atoms with Crippen LogP contribution >= 0.6 is 0 Å². The maximum Gasteiger partial charge on any atom is 0.145 e. The minimum Gasteiger partial charge on any atom is -0.496 e. The van der Waals surface area contributed by atoms with E-state index in [0.29, 0.717) is 6.54 Å². The lowest BCUT2D eigenvalue weighted by molar-refractivity contribution is 0.101. The second-order valence-electron chi connectivity index (χ2n) is 4.60. The molecule has 5 nitrogen and oxygen atoms in total. The molecule has 2 N–H and O–H groups in total. The molecule has 1 rings (SSSR count). The normalized spacial score (nSPS) is 12.2. The van der Waals surface area contributed by atoms with E-state index < -0.39 is 6.10 Å². The van der Waals surface area contributed by atoms with E-state index in [0.717, 1.165) is 28.3 Å². The topological polar surface area (TPSA) is 62.2 Å². The number of aliphatic hydroxyl groups is 2. The van der Waals surface area contributed by atoms with Gasteiger partial charge < -0.3 is 24.6 Å². The molecule has 5 heteroatoms.